The molecule has 0 amide bonds. The number of benzene rings is 1. The fourth-order valence-electron chi connectivity index (χ4n) is 1.18. The second-order valence-corrected chi connectivity index (χ2v) is 2.74. The van der Waals surface area contributed by atoms with Crippen LogP contribution in [0.15, 0.2) is 35.3 Å². The molecule has 0 N–H and O–H groups in total. The molecule has 0 aliphatic rings. The molecule has 0 saturated carbocycles. The van der Waals surface area contributed by atoms with Gasteiger partial charge in [-0.25, -0.2) is 0 Å². The van der Waals surface area contributed by atoms with Gasteiger partial charge in [0.25, 0.3) is 0 Å². The van der Waals surface area contributed by atoms with Gasteiger partial charge in [-0.2, -0.15) is 4.99 Å². The van der Waals surface area contributed by atoms with Crippen molar-refractivity contribution in [3.8, 4) is 0 Å². The molecule has 0 spiro atoms. The second kappa shape index (κ2) is 4.98. The Morgan fingerprint density at radius 3 is 2.21 bits per heavy atom. The third-order valence-electron chi connectivity index (χ3n) is 1.88. The molecule has 0 aliphatic carbocycles. The Labute approximate surface area is 88.4 Å². The number of hydrogen-bond acceptors (Lipinski definition) is 4. The van der Waals surface area contributed by atoms with E-state index in [-0.39, 0.29) is 0 Å². The highest BCUT2D eigenvalue weighted by Gasteiger charge is 2.31. The van der Waals surface area contributed by atoms with Crippen molar-refractivity contribution in [2.75, 3.05) is 14.2 Å². The van der Waals surface area contributed by atoms with Crippen LogP contribution in [0.5, 0.6) is 0 Å². The van der Waals surface area contributed by atoms with Gasteiger partial charge in [0.15, 0.2) is 0 Å². The normalized spacial score (nSPS) is 10.7. The van der Waals surface area contributed by atoms with Gasteiger partial charge in [0.05, 0.1) is 5.16 Å². The van der Waals surface area contributed by atoms with E-state index in [1.165, 1.54) is 14.2 Å². The maximum atomic E-state index is 5.20. The quantitative estimate of drug-likeness (QED) is 0.432. The van der Waals surface area contributed by atoms with Crippen molar-refractivity contribution in [3.63, 3.8) is 0 Å². The Kier molecular flexibility index (Phi) is 3.92. The topological polar surface area (TPSA) is 30.8 Å². The average molecular weight is 209 g/mol. The predicted octanol–water partition coefficient (Wildman–Crippen LogP) is 2.19. The standard InChI is InChI=1S/C10H11NO2S/c1-12-10(13-2,11-8-14)9-6-4-3-5-7-9/h3-7H,1-2H3. The van der Waals surface area contributed by atoms with Gasteiger partial charge in [0.2, 0.25) is 0 Å². The van der Waals surface area contributed by atoms with E-state index in [2.05, 4.69) is 22.4 Å². The van der Waals surface area contributed by atoms with Crippen LogP contribution >= 0.6 is 12.2 Å². The number of methoxy groups -OCH3 is 2. The van der Waals surface area contributed by atoms with E-state index in [1.54, 1.807) is 0 Å². The van der Waals surface area contributed by atoms with Gasteiger partial charge >= 0.3 is 5.91 Å². The van der Waals surface area contributed by atoms with Crippen LogP contribution in [-0.2, 0) is 15.4 Å². The number of rotatable bonds is 4. The Morgan fingerprint density at radius 1 is 1.21 bits per heavy atom. The lowest BCUT2D eigenvalue weighted by Crippen LogP contribution is -2.28. The van der Waals surface area contributed by atoms with Gasteiger partial charge in [-0.15, -0.1) is 0 Å². The van der Waals surface area contributed by atoms with Crippen LogP contribution in [-0.4, -0.2) is 19.4 Å². The zero-order valence-corrected chi connectivity index (χ0v) is 8.88. The highest BCUT2D eigenvalue weighted by atomic mass is 32.1. The molecule has 1 aromatic carbocycles. The van der Waals surface area contributed by atoms with Crippen LogP contribution in [0.25, 0.3) is 0 Å². The first-order valence-electron chi connectivity index (χ1n) is 4.04. The molecule has 0 bridgehead atoms. The summed E-state index contributed by atoms with van der Waals surface area (Å²) in [6, 6.07) is 9.36. The number of thiocarbonyl (C=S) groups is 1. The Bertz CT molecular complexity index is 329. The highest BCUT2D eigenvalue weighted by molar-refractivity contribution is 7.78. The lowest BCUT2D eigenvalue weighted by Gasteiger charge is -2.24. The van der Waals surface area contributed by atoms with Gasteiger partial charge < -0.3 is 9.47 Å². The van der Waals surface area contributed by atoms with Crippen molar-refractivity contribution in [1.82, 2.24) is 0 Å². The largest absolute Gasteiger partial charge is 0.331 e. The Hall–Kier alpha value is -1.06. The van der Waals surface area contributed by atoms with E-state index in [0.29, 0.717) is 0 Å². The van der Waals surface area contributed by atoms with E-state index in [0.717, 1.165) is 5.56 Å². The van der Waals surface area contributed by atoms with Crippen LogP contribution in [0, 0.1) is 0 Å². The molecular formula is C10H11NO2S. The number of ether oxygens (including phenoxy) is 2. The van der Waals surface area contributed by atoms with Gasteiger partial charge in [-0.3, -0.25) is 0 Å². The first-order valence-corrected chi connectivity index (χ1v) is 4.45. The van der Waals surface area contributed by atoms with Crippen LogP contribution in [0.4, 0.5) is 0 Å². The van der Waals surface area contributed by atoms with Gasteiger partial charge in [0.1, 0.15) is 0 Å². The summed E-state index contributed by atoms with van der Waals surface area (Å²) in [6.45, 7) is 0. The number of nitrogens with zero attached hydrogens (tertiary/aromatic N) is 1. The molecule has 0 unspecified atom stereocenters. The summed E-state index contributed by atoms with van der Waals surface area (Å²) < 4.78 is 10.4. The zero-order valence-electron chi connectivity index (χ0n) is 8.06. The van der Waals surface area contributed by atoms with Crippen molar-refractivity contribution in [3.05, 3.63) is 35.9 Å². The Balaban J connectivity index is 3.17. The second-order valence-electron chi connectivity index (χ2n) is 2.56. The van der Waals surface area contributed by atoms with E-state index < -0.39 is 5.91 Å². The highest BCUT2D eigenvalue weighted by Crippen LogP contribution is 2.26. The smallest absolute Gasteiger partial charge is 0.305 e. The van der Waals surface area contributed by atoms with Crippen molar-refractivity contribution in [1.29, 1.82) is 0 Å². The summed E-state index contributed by atoms with van der Waals surface area (Å²) in [5.41, 5.74) is 0.780. The molecule has 0 radical (unpaired) electrons. The first-order chi connectivity index (χ1) is 6.79. The molecule has 0 heterocycles. The summed E-state index contributed by atoms with van der Waals surface area (Å²) >= 11 is 4.56. The summed E-state index contributed by atoms with van der Waals surface area (Å²) in [5, 5.41) is 2.27. The van der Waals surface area contributed by atoms with Crippen LogP contribution in [0.3, 0.4) is 0 Å². The van der Waals surface area contributed by atoms with Crippen molar-refractivity contribution < 1.29 is 9.47 Å². The Morgan fingerprint density at radius 2 is 1.79 bits per heavy atom. The van der Waals surface area contributed by atoms with Crippen molar-refractivity contribution in [2.45, 2.75) is 5.91 Å². The zero-order chi connectivity index (χ0) is 10.4. The third kappa shape index (κ3) is 2.05. The SMILES string of the molecule is COC(N=C=S)(OC)c1ccccc1. The van der Waals surface area contributed by atoms with Gasteiger partial charge in [0, 0.05) is 19.8 Å². The molecule has 3 nitrogen and oxygen atoms in total. The summed E-state index contributed by atoms with van der Waals surface area (Å²) in [5.74, 6) is -1.16. The van der Waals surface area contributed by atoms with E-state index in [9.17, 15) is 0 Å². The van der Waals surface area contributed by atoms with E-state index in [4.69, 9.17) is 9.47 Å². The predicted molar refractivity (Wildman–Crippen MR) is 57.2 cm³/mol. The average Bonchev–Trinajstić information content (AvgIpc) is 2.27. The minimum atomic E-state index is -1.16. The first kappa shape index (κ1) is 11.0. The number of hydrogen-bond donors (Lipinski definition) is 0. The molecule has 1 aromatic rings. The van der Waals surface area contributed by atoms with Gasteiger partial charge in [-0.05, 0) is 12.2 Å². The summed E-state index contributed by atoms with van der Waals surface area (Å²) in [6.07, 6.45) is 0. The molecule has 0 aliphatic heterocycles. The van der Waals surface area contributed by atoms with E-state index >= 15 is 0 Å². The maximum absolute atomic E-state index is 5.20. The molecular weight excluding hydrogens is 198 g/mol. The van der Waals surface area contributed by atoms with E-state index in [1.807, 2.05) is 30.3 Å². The minimum Gasteiger partial charge on any atom is -0.331 e. The lowest BCUT2D eigenvalue weighted by atomic mass is 10.1. The molecule has 0 aromatic heterocycles. The lowest BCUT2D eigenvalue weighted by molar-refractivity contribution is -0.208. The molecule has 1 rings (SSSR count). The summed E-state index contributed by atoms with van der Waals surface area (Å²) in [7, 11) is 3.01. The van der Waals surface area contributed by atoms with Crippen LogP contribution in [0.2, 0.25) is 0 Å². The summed E-state index contributed by atoms with van der Waals surface area (Å²) in [4.78, 5) is 3.88. The van der Waals surface area contributed by atoms with Crippen LogP contribution in [0.1, 0.15) is 5.56 Å². The molecule has 0 atom stereocenters. The molecule has 0 saturated heterocycles. The number of aliphatic imine (C=N–C) groups is 1. The molecule has 0 fully saturated rings. The molecule has 74 valence electrons. The van der Waals surface area contributed by atoms with Crippen LogP contribution < -0.4 is 0 Å². The maximum Gasteiger partial charge on any atom is 0.305 e. The van der Waals surface area contributed by atoms with Gasteiger partial charge in [-0.1, -0.05) is 30.3 Å². The van der Waals surface area contributed by atoms with Crippen molar-refractivity contribution >= 4 is 17.4 Å². The van der Waals surface area contributed by atoms with Crippen molar-refractivity contribution in [2.24, 2.45) is 4.99 Å². The number of isothiocyanates is 1. The molecule has 4 heteroatoms. The fraction of sp³-hybridized carbons (Fsp3) is 0.300. The third-order valence-corrected chi connectivity index (χ3v) is 1.98. The fourth-order valence-corrected chi connectivity index (χ4v) is 1.30. The minimum absolute atomic E-state index is 0.780. The monoisotopic (exact) mass is 209 g/mol. The molecule has 14 heavy (non-hydrogen) atoms.